The van der Waals surface area contributed by atoms with Crippen molar-refractivity contribution in [3.05, 3.63) is 27.2 Å². The van der Waals surface area contributed by atoms with E-state index in [0.717, 1.165) is 0 Å². The molecule has 0 saturated heterocycles. The van der Waals surface area contributed by atoms with E-state index in [1.807, 2.05) is 0 Å². The number of methoxy groups -OCH3 is 1. The fourth-order valence-electron chi connectivity index (χ4n) is 1.09. The van der Waals surface area contributed by atoms with Crippen LogP contribution in [0.25, 0.3) is 0 Å². The zero-order chi connectivity index (χ0) is 11.6. The van der Waals surface area contributed by atoms with Gasteiger partial charge in [0, 0.05) is 5.02 Å². The highest BCUT2D eigenvalue weighted by atomic mass is 79.9. The van der Waals surface area contributed by atoms with Crippen LogP contribution in [0.4, 0.5) is 0 Å². The van der Waals surface area contributed by atoms with Crippen LogP contribution >= 0.6 is 27.5 Å². The quantitative estimate of drug-likeness (QED) is 0.896. The molecule has 0 fully saturated rings. The molecule has 15 heavy (non-hydrogen) atoms. The van der Waals surface area contributed by atoms with Crippen molar-refractivity contribution >= 4 is 33.5 Å². The fraction of sp³-hybridized carbons (Fsp3) is 0.222. The van der Waals surface area contributed by atoms with Crippen LogP contribution in [0.5, 0.6) is 5.75 Å². The molecule has 0 heterocycles. The molecule has 1 aromatic carbocycles. The van der Waals surface area contributed by atoms with Crippen LogP contribution < -0.4 is 10.5 Å². The Morgan fingerprint density at radius 3 is 2.73 bits per heavy atom. The van der Waals surface area contributed by atoms with Crippen LogP contribution in [0, 0.1) is 0 Å². The van der Waals surface area contributed by atoms with Gasteiger partial charge in [0.1, 0.15) is 11.8 Å². The monoisotopic (exact) mass is 293 g/mol. The molecule has 1 aromatic rings. The Balaban J connectivity index is 3.28. The van der Waals surface area contributed by atoms with Crippen molar-refractivity contribution in [2.45, 2.75) is 6.04 Å². The lowest BCUT2D eigenvalue weighted by Crippen LogP contribution is -2.21. The summed E-state index contributed by atoms with van der Waals surface area (Å²) in [4.78, 5) is 10.7. The molecule has 0 amide bonds. The van der Waals surface area contributed by atoms with Crippen molar-refractivity contribution in [3.8, 4) is 5.75 Å². The van der Waals surface area contributed by atoms with E-state index in [0.29, 0.717) is 20.8 Å². The van der Waals surface area contributed by atoms with Gasteiger partial charge < -0.3 is 15.6 Å². The average molecular weight is 295 g/mol. The molecule has 0 spiro atoms. The molecule has 82 valence electrons. The van der Waals surface area contributed by atoms with Gasteiger partial charge in [0.05, 0.1) is 11.6 Å². The summed E-state index contributed by atoms with van der Waals surface area (Å²) >= 11 is 9.02. The number of halogens is 2. The molecule has 0 radical (unpaired) electrons. The van der Waals surface area contributed by atoms with Gasteiger partial charge in [-0.25, -0.2) is 0 Å². The Labute approximate surface area is 100 Å². The van der Waals surface area contributed by atoms with Crippen molar-refractivity contribution < 1.29 is 14.6 Å². The van der Waals surface area contributed by atoms with Crippen LogP contribution in [-0.4, -0.2) is 18.2 Å². The summed E-state index contributed by atoms with van der Waals surface area (Å²) in [6.07, 6.45) is 0. The van der Waals surface area contributed by atoms with Crippen LogP contribution in [-0.2, 0) is 4.79 Å². The van der Waals surface area contributed by atoms with E-state index in [1.54, 1.807) is 6.07 Å². The third-order valence-electron chi connectivity index (χ3n) is 1.85. The van der Waals surface area contributed by atoms with Gasteiger partial charge >= 0.3 is 5.97 Å². The lowest BCUT2D eigenvalue weighted by Gasteiger charge is -2.12. The molecule has 3 N–H and O–H groups in total. The molecular weight excluding hydrogens is 285 g/mol. The molecule has 0 bridgehead atoms. The third kappa shape index (κ3) is 2.62. The Kier molecular flexibility index (Phi) is 3.96. The van der Waals surface area contributed by atoms with Crippen molar-refractivity contribution in [1.29, 1.82) is 0 Å². The van der Waals surface area contributed by atoms with Crippen LogP contribution in [0.3, 0.4) is 0 Å². The highest BCUT2D eigenvalue weighted by molar-refractivity contribution is 9.10. The minimum Gasteiger partial charge on any atom is -0.496 e. The number of hydrogen-bond acceptors (Lipinski definition) is 3. The van der Waals surface area contributed by atoms with Crippen LogP contribution in [0.15, 0.2) is 16.6 Å². The lowest BCUT2D eigenvalue weighted by molar-refractivity contribution is -0.138. The Morgan fingerprint density at radius 2 is 2.27 bits per heavy atom. The standard InChI is InChI=1S/C9H9BrClNO3/c1-15-6-3-4(11)2-5(7(6)10)8(12)9(13)14/h2-3,8H,12H2,1H3,(H,13,14). The van der Waals surface area contributed by atoms with E-state index in [2.05, 4.69) is 15.9 Å². The topological polar surface area (TPSA) is 72.5 Å². The normalized spacial score (nSPS) is 12.3. The first-order chi connectivity index (χ1) is 6.97. The van der Waals surface area contributed by atoms with E-state index in [4.69, 9.17) is 27.2 Å². The lowest BCUT2D eigenvalue weighted by atomic mass is 10.1. The maximum absolute atomic E-state index is 10.7. The molecule has 0 aliphatic heterocycles. The Hall–Kier alpha value is -0.780. The largest absolute Gasteiger partial charge is 0.496 e. The molecule has 0 aliphatic carbocycles. The minimum absolute atomic E-state index is 0.377. The molecule has 1 unspecified atom stereocenters. The smallest absolute Gasteiger partial charge is 0.325 e. The highest BCUT2D eigenvalue weighted by Gasteiger charge is 2.20. The Bertz CT molecular complexity index is 397. The number of hydrogen-bond donors (Lipinski definition) is 2. The van der Waals surface area contributed by atoms with Gasteiger partial charge in [-0.1, -0.05) is 11.6 Å². The number of carboxylic acids is 1. The molecule has 1 rings (SSSR count). The fourth-order valence-corrected chi connectivity index (χ4v) is 1.95. The second-order valence-corrected chi connectivity index (χ2v) is 4.06. The molecular formula is C9H9BrClNO3. The van der Waals surface area contributed by atoms with E-state index in [-0.39, 0.29) is 0 Å². The maximum atomic E-state index is 10.7. The first-order valence-electron chi connectivity index (χ1n) is 3.98. The Morgan fingerprint density at radius 1 is 1.67 bits per heavy atom. The second-order valence-electron chi connectivity index (χ2n) is 2.83. The van der Waals surface area contributed by atoms with Gasteiger partial charge in [0.15, 0.2) is 0 Å². The summed E-state index contributed by atoms with van der Waals surface area (Å²) in [5.74, 6) is -0.672. The minimum atomic E-state index is -1.13. The molecule has 4 nitrogen and oxygen atoms in total. The van der Waals surface area contributed by atoms with Crippen molar-refractivity contribution in [3.63, 3.8) is 0 Å². The predicted octanol–water partition coefficient (Wildman–Crippen LogP) is 2.20. The number of carbonyl (C=O) groups is 1. The van der Waals surface area contributed by atoms with Crippen molar-refractivity contribution in [2.75, 3.05) is 7.11 Å². The number of aliphatic carboxylic acids is 1. The average Bonchev–Trinajstić information content (AvgIpc) is 2.19. The number of ether oxygens (including phenoxy) is 1. The number of nitrogens with two attached hydrogens (primary N) is 1. The van der Waals surface area contributed by atoms with Crippen LogP contribution in [0.1, 0.15) is 11.6 Å². The van der Waals surface area contributed by atoms with E-state index in [1.165, 1.54) is 13.2 Å². The SMILES string of the molecule is COc1cc(Cl)cc(C(N)C(=O)O)c1Br. The van der Waals surface area contributed by atoms with Gasteiger partial charge in [0.25, 0.3) is 0 Å². The first kappa shape index (κ1) is 12.3. The van der Waals surface area contributed by atoms with Gasteiger partial charge in [-0.3, -0.25) is 4.79 Å². The van der Waals surface area contributed by atoms with E-state index in [9.17, 15) is 4.79 Å². The van der Waals surface area contributed by atoms with E-state index < -0.39 is 12.0 Å². The van der Waals surface area contributed by atoms with Crippen LogP contribution in [0.2, 0.25) is 5.02 Å². The summed E-state index contributed by atoms with van der Waals surface area (Å²) in [6, 6.07) is 1.93. The predicted molar refractivity (Wildman–Crippen MR) is 60.3 cm³/mol. The third-order valence-corrected chi connectivity index (χ3v) is 2.92. The summed E-state index contributed by atoms with van der Waals surface area (Å²) < 4.78 is 5.52. The van der Waals surface area contributed by atoms with E-state index >= 15 is 0 Å². The summed E-state index contributed by atoms with van der Waals surface area (Å²) in [6.45, 7) is 0. The number of benzene rings is 1. The summed E-state index contributed by atoms with van der Waals surface area (Å²) in [5.41, 5.74) is 5.87. The molecule has 0 saturated carbocycles. The van der Waals surface area contributed by atoms with Crippen molar-refractivity contribution in [1.82, 2.24) is 0 Å². The van der Waals surface area contributed by atoms with Gasteiger partial charge in [-0.05, 0) is 33.6 Å². The van der Waals surface area contributed by atoms with Gasteiger partial charge in [-0.15, -0.1) is 0 Å². The zero-order valence-electron chi connectivity index (χ0n) is 7.83. The van der Waals surface area contributed by atoms with Crippen molar-refractivity contribution in [2.24, 2.45) is 5.73 Å². The maximum Gasteiger partial charge on any atom is 0.325 e. The molecule has 0 aliphatic rings. The summed E-state index contributed by atoms with van der Waals surface area (Å²) in [7, 11) is 1.46. The zero-order valence-corrected chi connectivity index (χ0v) is 10.2. The highest BCUT2D eigenvalue weighted by Crippen LogP contribution is 2.34. The van der Waals surface area contributed by atoms with Gasteiger partial charge in [0.2, 0.25) is 0 Å². The molecule has 6 heteroatoms. The number of rotatable bonds is 3. The number of carboxylic acid groups (broad SMARTS) is 1. The summed E-state index contributed by atoms with van der Waals surface area (Å²) in [5, 5.41) is 9.16. The first-order valence-corrected chi connectivity index (χ1v) is 5.15. The molecule has 1 atom stereocenters. The van der Waals surface area contributed by atoms with Gasteiger partial charge in [-0.2, -0.15) is 0 Å². The molecule has 0 aromatic heterocycles. The second kappa shape index (κ2) is 4.83.